The minimum Gasteiger partial charge on any atom is -0.302 e. The maximum absolute atomic E-state index is 12.0. The van der Waals surface area contributed by atoms with Crippen molar-refractivity contribution >= 4 is 32.6 Å². The lowest BCUT2D eigenvalue weighted by Crippen LogP contribution is -2.12. The summed E-state index contributed by atoms with van der Waals surface area (Å²) in [6.07, 6.45) is 9.14. The lowest BCUT2D eigenvalue weighted by atomic mass is 10.0. The van der Waals surface area contributed by atoms with Crippen molar-refractivity contribution in [3.63, 3.8) is 0 Å². The highest BCUT2D eigenvalue weighted by molar-refractivity contribution is 7.22. The summed E-state index contributed by atoms with van der Waals surface area (Å²) in [7, 11) is 0. The fourth-order valence-corrected chi connectivity index (χ4v) is 3.91. The molecule has 1 fully saturated rings. The summed E-state index contributed by atoms with van der Waals surface area (Å²) in [4.78, 5) is 20.9. The molecule has 2 aromatic heterocycles. The van der Waals surface area contributed by atoms with Crippen LogP contribution in [0.15, 0.2) is 36.7 Å². The van der Waals surface area contributed by atoms with Crippen LogP contribution in [0.5, 0.6) is 0 Å². The summed E-state index contributed by atoms with van der Waals surface area (Å²) >= 11 is 1.53. The molecule has 1 amide bonds. The van der Waals surface area contributed by atoms with E-state index in [1.54, 1.807) is 6.20 Å². The summed E-state index contributed by atoms with van der Waals surface area (Å²) in [5.41, 5.74) is 4.44. The molecule has 1 N–H and O–H groups in total. The first-order valence-corrected chi connectivity index (χ1v) is 9.71. The third-order valence-corrected chi connectivity index (χ3v) is 5.55. The van der Waals surface area contributed by atoms with Gasteiger partial charge in [0.25, 0.3) is 0 Å². The van der Waals surface area contributed by atoms with Crippen molar-refractivity contribution in [1.29, 1.82) is 0 Å². The van der Waals surface area contributed by atoms with Crippen LogP contribution in [0.25, 0.3) is 21.3 Å². The first-order valence-electron chi connectivity index (χ1n) is 8.89. The number of amides is 1. The quantitative estimate of drug-likeness (QED) is 0.676. The van der Waals surface area contributed by atoms with E-state index in [4.69, 9.17) is 0 Å². The van der Waals surface area contributed by atoms with Crippen LogP contribution in [0.4, 0.5) is 5.13 Å². The fourth-order valence-electron chi connectivity index (χ4n) is 2.94. The predicted molar refractivity (Wildman–Crippen MR) is 103 cm³/mol. The highest BCUT2D eigenvalue weighted by atomic mass is 32.1. The van der Waals surface area contributed by atoms with Crippen LogP contribution in [-0.2, 0) is 11.2 Å². The molecule has 128 valence electrons. The minimum atomic E-state index is 0.0927. The van der Waals surface area contributed by atoms with E-state index in [1.807, 2.05) is 6.20 Å². The summed E-state index contributed by atoms with van der Waals surface area (Å²) in [5.74, 6) is 0.273. The molecule has 3 aromatic rings. The molecule has 4 rings (SSSR count). The molecule has 0 saturated heterocycles. The summed E-state index contributed by atoms with van der Waals surface area (Å²) in [5, 5.41) is 3.62. The molecule has 1 aliphatic rings. The van der Waals surface area contributed by atoms with Gasteiger partial charge in [-0.1, -0.05) is 48.9 Å². The van der Waals surface area contributed by atoms with Crippen molar-refractivity contribution in [2.45, 2.75) is 39.0 Å². The number of hydrogen-bond donors (Lipinski definition) is 1. The van der Waals surface area contributed by atoms with Crippen molar-refractivity contribution < 1.29 is 4.79 Å². The van der Waals surface area contributed by atoms with E-state index in [1.165, 1.54) is 29.7 Å². The van der Waals surface area contributed by atoms with Gasteiger partial charge >= 0.3 is 0 Å². The Bertz CT molecular complexity index is 914. The normalized spacial score (nSPS) is 14.0. The molecular weight excluding hydrogens is 330 g/mol. The number of nitrogens with zero attached hydrogens (tertiary/aromatic N) is 2. The molecule has 1 aliphatic carbocycles. The average molecular weight is 351 g/mol. The van der Waals surface area contributed by atoms with E-state index in [2.05, 4.69) is 46.5 Å². The van der Waals surface area contributed by atoms with Crippen LogP contribution in [0.1, 0.15) is 38.2 Å². The number of carbonyl (C=O) groups is 1. The monoisotopic (exact) mass is 351 g/mol. The van der Waals surface area contributed by atoms with Gasteiger partial charge in [0.15, 0.2) is 5.13 Å². The number of aromatic nitrogens is 2. The number of carbonyl (C=O) groups excluding carboxylic acids is 1. The third-order valence-electron chi connectivity index (χ3n) is 4.53. The van der Waals surface area contributed by atoms with E-state index in [0.29, 0.717) is 5.13 Å². The van der Waals surface area contributed by atoms with Gasteiger partial charge in [-0.2, -0.15) is 0 Å². The summed E-state index contributed by atoms with van der Waals surface area (Å²) in [6.45, 7) is 2.21. The molecule has 2 heterocycles. The van der Waals surface area contributed by atoms with Gasteiger partial charge in [-0.05, 0) is 36.8 Å². The lowest BCUT2D eigenvalue weighted by molar-refractivity contribution is -0.117. The van der Waals surface area contributed by atoms with Gasteiger partial charge < -0.3 is 5.32 Å². The van der Waals surface area contributed by atoms with Crippen molar-refractivity contribution in [3.05, 3.63) is 42.2 Å². The zero-order chi connectivity index (χ0) is 17.2. The fraction of sp³-hybridized carbons (Fsp3) is 0.350. The van der Waals surface area contributed by atoms with Gasteiger partial charge in [-0.15, -0.1) is 0 Å². The number of pyridine rings is 1. The molecule has 1 aromatic carbocycles. The topological polar surface area (TPSA) is 54.9 Å². The average Bonchev–Trinajstić information content (AvgIpc) is 3.40. The number of hydrogen-bond acceptors (Lipinski definition) is 4. The van der Waals surface area contributed by atoms with Crippen molar-refractivity contribution in [2.75, 3.05) is 5.32 Å². The van der Waals surface area contributed by atoms with Gasteiger partial charge in [-0.25, -0.2) is 4.98 Å². The number of nitrogens with one attached hydrogen (secondary N) is 1. The van der Waals surface area contributed by atoms with E-state index in [0.717, 1.165) is 40.6 Å². The number of rotatable bonds is 6. The molecule has 0 spiro atoms. The number of anilines is 1. The molecule has 0 atom stereocenters. The van der Waals surface area contributed by atoms with Crippen molar-refractivity contribution in [3.8, 4) is 11.1 Å². The molecule has 25 heavy (non-hydrogen) atoms. The van der Waals surface area contributed by atoms with Crippen molar-refractivity contribution in [1.82, 2.24) is 9.97 Å². The highest BCUT2D eigenvalue weighted by Crippen LogP contribution is 2.36. The molecule has 5 heteroatoms. The van der Waals surface area contributed by atoms with Gasteiger partial charge in [0.1, 0.15) is 5.52 Å². The van der Waals surface area contributed by atoms with Gasteiger partial charge in [0.05, 0.1) is 10.9 Å². The number of aryl methyl sites for hydroxylation is 1. The number of unbranched alkanes of at least 4 members (excludes halogenated alkanes) is 1. The van der Waals surface area contributed by atoms with Gasteiger partial charge in [-0.3, -0.25) is 9.78 Å². The van der Waals surface area contributed by atoms with Crippen LogP contribution in [0, 0.1) is 5.92 Å². The Labute approximate surface area is 151 Å². The maximum atomic E-state index is 12.0. The maximum Gasteiger partial charge on any atom is 0.229 e. The number of thiazole rings is 1. The van der Waals surface area contributed by atoms with E-state index >= 15 is 0 Å². The molecule has 0 radical (unpaired) electrons. The van der Waals surface area contributed by atoms with Crippen LogP contribution in [-0.4, -0.2) is 15.9 Å². The Balaban J connectivity index is 1.67. The third kappa shape index (κ3) is 3.56. The SMILES string of the molecule is CCCCc1cccc(-c2cncc3nc(NC(=O)C4CC4)sc23)c1. The smallest absolute Gasteiger partial charge is 0.229 e. The second-order valence-corrected chi connectivity index (χ2v) is 7.62. The van der Waals surface area contributed by atoms with Crippen LogP contribution < -0.4 is 5.32 Å². The Kier molecular flexibility index (Phi) is 4.49. The molecule has 0 aliphatic heterocycles. The molecule has 0 unspecified atom stereocenters. The molecule has 1 saturated carbocycles. The van der Waals surface area contributed by atoms with Gasteiger partial charge in [0.2, 0.25) is 5.91 Å². The second kappa shape index (κ2) is 6.92. The number of fused-ring (bicyclic) bond motifs is 1. The summed E-state index contributed by atoms with van der Waals surface area (Å²) in [6, 6.07) is 8.65. The molecule has 4 nitrogen and oxygen atoms in total. The standard InChI is InChI=1S/C20H21N3OS/c1-2-3-5-13-6-4-7-15(10-13)16-11-21-12-17-18(16)25-20(22-17)23-19(24)14-8-9-14/h4,6-7,10-12,14H,2-3,5,8-9H2,1H3,(H,22,23,24). The minimum absolute atomic E-state index is 0.0927. The lowest BCUT2D eigenvalue weighted by Gasteiger charge is -2.05. The summed E-state index contributed by atoms with van der Waals surface area (Å²) < 4.78 is 1.08. The second-order valence-electron chi connectivity index (χ2n) is 6.62. The van der Waals surface area contributed by atoms with E-state index < -0.39 is 0 Å². The Hall–Kier alpha value is -2.27. The number of benzene rings is 1. The van der Waals surface area contributed by atoms with Crippen LogP contribution in [0.3, 0.4) is 0 Å². The van der Waals surface area contributed by atoms with Crippen LogP contribution >= 0.6 is 11.3 Å². The Morgan fingerprint density at radius 1 is 1.32 bits per heavy atom. The zero-order valence-electron chi connectivity index (χ0n) is 14.3. The zero-order valence-corrected chi connectivity index (χ0v) is 15.1. The predicted octanol–water partition coefficient (Wildman–Crippen LogP) is 5.05. The van der Waals surface area contributed by atoms with Crippen molar-refractivity contribution in [2.24, 2.45) is 5.92 Å². The molecule has 0 bridgehead atoms. The molecular formula is C20H21N3OS. The first kappa shape index (κ1) is 16.2. The van der Waals surface area contributed by atoms with E-state index in [-0.39, 0.29) is 11.8 Å². The van der Waals surface area contributed by atoms with Crippen LogP contribution in [0.2, 0.25) is 0 Å². The first-order chi connectivity index (χ1) is 12.2. The Morgan fingerprint density at radius 2 is 2.20 bits per heavy atom. The van der Waals surface area contributed by atoms with E-state index in [9.17, 15) is 4.79 Å². The Morgan fingerprint density at radius 3 is 3.00 bits per heavy atom. The van der Waals surface area contributed by atoms with Gasteiger partial charge in [0, 0.05) is 17.7 Å². The highest BCUT2D eigenvalue weighted by Gasteiger charge is 2.30. The largest absolute Gasteiger partial charge is 0.302 e.